The van der Waals surface area contributed by atoms with Gasteiger partial charge in [-0.05, 0) is 24.5 Å². The summed E-state index contributed by atoms with van der Waals surface area (Å²) in [7, 11) is 3.76. The Morgan fingerprint density at radius 2 is 2.10 bits per heavy atom. The highest BCUT2D eigenvalue weighted by molar-refractivity contribution is 6.13. The Kier molecular flexibility index (Phi) is 3.01. The number of nitro benzene ring substituents is 1. The largest absolute Gasteiger partial charge is 0.383 e. The molecule has 1 aromatic carbocycles. The molecule has 1 aliphatic rings. The number of rotatable bonds is 2. The second kappa shape index (κ2) is 4.73. The number of Topliss-reactive ketones (excluding diaryl/α,β-unsaturated/α-hetero) is 1. The first-order valence-corrected chi connectivity index (χ1v) is 6.68. The van der Waals surface area contributed by atoms with E-state index in [1.54, 1.807) is 12.1 Å². The zero-order valence-electron chi connectivity index (χ0n) is 11.8. The minimum absolute atomic E-state index is 0.0243. The van der Waals surface area contributed by atoms with Gasteiger partial charge < -0.3 is 9.88 Å². The van der Waals surface area contributed by atoms with Gasteiger partial charge in [0, 0.05) is 48.9 Å². The lowest BCUT2D eigenvalue weighted by molar-refractivity contribution is -0.384. The summed E-state index contributed by atoms with van der Waals surface area (Å²) in [6.07, 6.45) is 3.20. The summed E-state index contributed by atoms with van der Waals surface area (Å²) in [5.74, 6) is -0.0243. The van der Waals surface area contributed by atoms with Crippen molar-refractivity contribution in [2.24, 2.45) is 0 Å². The number of hydrogen-bond donors (Lipinski definition) is 1. The number of aryl methyl sites for hydroxylation is 1. The first kappa shape index (κ1) is 13.4. The lowest BCUT2D eigenvalue weighted by atomic mass is 9.90. The van der Waals surface area contributed by atoms with Gasteiger partial charge in [0.25, 0.3) is 5.69 Å². The van der Waals surface area contributed by atoms with E-state index in [0.29, 0.717) is 18.5 Å². The van der Waals surface area contributed by atoms with E-state index in [0.717, 1.165) is 22.0 Å². The minimum atomic E-state index is -0.416. The van der Waals surface area contributed by atoms with Crippen LogP contribution in [0.1, 0.15) is 22.5 Å². The third-order valence-corrected chi connectivity index (χ3v) is 3.68. The fourth-order valence-electron chi connectivity index (χ4n) is 2.77. The van der Waals surface area contributed by atoms with E-state index in [-0.39, 0.29) is 11.5 Å². The average molecular weight is 285 g/mol. The number of benzene rings is 1. The van der Waals surface area contributed by atoms with Crippen LogP contribution in [-0.2, 0) is 6.42 Å². The molecular formula is C15H15N3O3. The predicted octanol–water partition coefficient (Wildman–Crippen LogP) is 2.65. The van der Waals surface area contributed by atoms with E-state index >= 15 is 0 Å². The third-order valence-electron chi connectivity index (χ3n) is 3.68. The van der Waals surface area contributed by atoms with Gasteiger partial charge in [0.05, 0.1) is 10.6 Å². The number of aromatic amines is 1. The van der Waals surface area contributed by atoms with Crippen LogP contribution in [0.5, 0.6) is 0 Å². The molecule has 0 saturated heterocycles. The molecule has 1 aromatic heterocycles. The van der Waals surface area contributed by atoms with Gasteiger partial charge in [-0.2, -0.15) is 0 Å². The van der Waals surface area contributed by atoms with Crippen LogP contribution < -0.4 is 0 Å². The first-order valence-electron chi connectivity index (χ1n) is 6.68. The number of nitro groups is 1. The van der Waals surface area contributed by atoms with Gasteiger partial charge in [-0.1, -0.05) is 0 Å². The standard InChI is InChI=1S/C15H15N3O3/c1-17(2)8-9-3-5-11-12-7-10(18(20)21)4-6-13(12)16-14(11)15(9)19/h4,6-8,16H,3,5H2,1-2H3/b9-8-. The van der Waals surface area contributed by atoms with Crippen molar-refractivity contribution in [1.82, 2.24) is 9.88 Å². The Hall–Kier alpha value is -2.63. The van der Waals surface area contributed by atoms with Crippen LogP contribution >= 0.6 is 0 Å². The van der Waals surface area contributed by atoms with E-state index in [1.807, 2.05) is 25.2 Å². The number of H-pyrrole nitrogens is 1. The fourth-order valence-corrected chi connectivity index (χ4v) is 2.77. The van der Waals surface area contributed by atoms with Crippen LogP contribution in [0.2, 0.25) is 0 Å². The molecule has 1 aliphatic carbocycles. The molecule has 1 N–H and O–H groups in total. The number of hydrogen-bond acceptors (Lipinski definition) is 4. The monoisotopic (exact) mass is 285 g/mol. The van der Waals surface area contributed by atoms with Crippen molar-refractivity contribution < 1.29 is 9.72 Å². The molecule has 0 radical (unpaired) electrons. The number of ketones is 1. The number of aromatic nitrogens is 1. The molecule has 0 amide bonds. The van der Waals surface area contributed by atoms with Crippen molar-refractivity contribution in [1.29, 1.82) is 0 Å². The summed E-state index contributed by atoms with van der Waals surface area (Å²) in [4.78, 5) is 27.9. The summed E-state index contributed by atoms with van der Waals surface area (Å²) in [5, 5.41) is 11.7. The third kappa shape index (κ3) is 2.18. The van der Waals surface area contributed by atoms with Gasteiger partial charge >= 0.3 is 0 Å². The lowest BCUT2D eigenvalue weighted by Gasteiger charge is -2.16. The second-order valence-corrected chi connectivity index (χ2v) is 5.41. The number of nitrogens with one attached hydrogen (secondary N) is 1. The highest BCUT2D eigenvalue weighted by Crippen LogP contribution is 2.33. The van der Waals surface area contributed by atoms with Gasteiger partial charge in [-0.25, -0.2) is 0 Å². The Morgan fingerprint density at radius 3 is 2.76 bits per heavy atom. The van der Waals surface area contributed by atoms with Crippen molar-refractivity contribution in [2.75, 3.05) is 14.1 Å². The van der Waals surface area contributed by atoms with Crippen LogP contribution in [0, 0.1) is 10.1 Å². The Morgan fingerprint density at radius 1 is 1.33 bits per heavy atom. The average Bonchev–Trinajstić information content (AvgIpc) is 2.80. The van der Waals surface area contributed by atoms with Crippen LogP contribution in [0.25, 0.3) is 10.9 Å². The van der Waals surface area contributed by atoms with E-state index in [1.165, 1.54) is 6.07 Å². The maximum Gasteiger partial charge on any atom is 0.270 e. The maximum atomic E-state index is 12.5. The summed E-state index contributed by atoms with van der Waals surface area (Å²) in [6.45, 7) is 0. The number of non-ortho nitro benzene ring substituents is 1. The normalized spacial score (nSPS) is 16.3. The summed E-state index contributed by atoms with van der Waals surface area (Å²) in [6, 6.07) is 4.65. The van der Waals surface area contributed by atoms with Gasteiger partial charge in [-0.15, -0.1) is 0 Å². The molecule has 1 heterocycles. The van der Waals surface area contributed by atoms with Crippen LogP contribution in [0.15, 0.2) is 30.0 Å². The molecule has 0 bridgehead atoms. The maximum absolute atomic E-state index is 12.5. The summed E-state index contributed by atoms with van der Waals surface area (Å²) >= 11 is 0. The molecule has 0 fully saturated rings. The SMILES string of the molecule is CN(C)/C=C1/CCc2c([nH]c3ccc([N+](=O)[O-])cc23)C1=O. The Balaban J connectivity index is 2.14. The number of nitrogens with zero attached hydrogens (tertiary/aromatic N) is 2. The predicted molar refractivity (Wildman–Crippen MR) is 79.4 cm³/mol. The van der Waals surface area contributed by atoms with Gasteiger partial charge in [0.15, 0.2) is 0 Å². The molecule has 0 spiro atoms. The lowest BCUT2D eigenvalue weighted by Crippen LogP contribution is -2.16. The van der Waals surface area contributed by atoms with E-state index in [4.69, 9.17) is 0 Å². The molecule has 2 aromatic rings. The summed E-state index contributed by atoms with van der Waals surface area (Å²) < 4.78 is 0. The van der Waals surface area contributed by atoms with Crippen LogP contribution in [-0.4, -0.2) is 34.7 Å². The zero-order chi connectivity index (χ0) is 15.1. The first-order chi connectivity index (χ1) is 9.97. The molecule has 0 unspecified atom stereocenters. The molecule has 108 valence electrons. The Labute approximate surface area is 121 Å². The van der Waals surface area contributed by atoms with E-state index in [9.17, 15) is 14.9 Å². The van der Waals surface area contributed by atoms with Crippen molar-refractivity contribution >= 4 is 22.4 Å². The minimum Gasteiger partial charge on any atom is -0.383 e. The highest BCUT2D eigenvalue weighted by Gasteiger charge is 2.26. The molecule has 6 nitrogen and oxygen atoms in total. The molecular weight excluding hydrogens is 270 g/mol. The van der Waals surface area contributed by atoms with Gasteiger partial charge in [0.2, 0.25) is 5.78 Å². The fraction of sp³-hybridized carbons (Fsp3) is 0.267. The highest BCUT2D eigenvalue weighted by atomic mass is 16.6. The topological polar surface area (TPSA) is 79.2 Å². The molecule has 0 saturated carbocycles. The number of carbonyl (C=O) groups is 1. The number of allylic oxidation sites excluding steroid dienone is 1. The van der Waals surface area contributed by atoms with Crippen molar-refractivity contribution in [3.8, 4) is 0 Å². The molecule has 0 atom stereocenters. The molecule has 3 rings (SSSR count). The summed E-state index contributed by atoms with van der Waals surface area (Å²) in [5.41, 5.74) is 3.02. The smallest absolute Gasteiger partial charge is 0.270 e. The van der Waals surface area contributed by atoms with Crippen molar-refractivity contribution in [3.63, 3.8) is 0 Å². The van der Waals surface area contributed by atoms with Crippen molar-refractivity contribution in [3.05, 3.63) is 51.3 Å². The molecule has 21 heavy (non-hydrogen) atoms. The van der Waals surface area contributed by atoms with Gasteiger partial charge in [0.1, 0.15) is 0 Å². The van der Waals surface area contributed by atoms with Crippen LogP contribution in [0.4, 0.5) is 5.69 Å². The second-order valence-electron chi connectivity index (χ2n) is 5.41. The van der Waals surface area contributed by atoms with Crippen molar-refractivity contribution in [2.45, 2.75) is 12.8 Å². The Bertz CT molecular complexity index is 787. The number of fused-ring (bicyclic) bond motifs is 3. The number of carbonyl (C=O) groups excluding carboxylic acids is 1. The van der Waals surface area contributed by atoms with E-state index in [2.05, 4.69) is 4.98 Å². The van der Waals surface area contributed by atoms with E-state index < -0.39 is 4.92 Å². The zero-order valence-corrected chi connectivity index (χ0v) is 11.8. The molecule has 0 aliphatic heterocycles. The quantitative estimate of drug-likeness (QED) is 0.522. The molecule has 6 heteroatoms. The van der Waals surface area contributed by atoms with Crippen LogP contribution in [0.3, 0.4) is 0 Å². The van der Waals surface area contributed by atoms with Gasteiger partial charge in [-0.3, -0.25) is 14.9 Å².